The van der Waals surface area contributed by atoms with Gasteiger partial charge in [-0.3, -0.25) is 4.57 Å². The van der Waals surface area contributed by atoms with Gasteiger partial charge in [-0.15, -0.1) is 0 Å². The Balaban J connectivity index is 2.66. The van der Waals surface area contributed by atoms with Gasteiger partial charge in [0.05, 0.1) is 16.1 Å². The van der Waals surface area contributed by atoms with Crippen LogP contribution in [0.25, 0.3) is 10.9 Å². The molecule has 0 radical (unpaired) electrons. The third-order valence-electron chi connectivity index (χ3n) is 2.71. The van der Waals surface area contributed by atoms with Crippen LogP contribution in [-0.2, 0) is 4.74 Å². The Morgan fingerprint density at radius 3 is 2.48 bits per heavy atom. The average molecular weight is 374 g/mol. The maximum Gasteiger partial charge on any atom is 0.506 e. The molecule has 0 aliphatic heterocycles. The van der Waals surface area contributed by atoms with Crippen molar-refractivity contribution in [3.05, 3.63) is 27.7 Å². The van der Waals surface area contributed by atoms with Crippen LogP contribution in [0.3, 0.4) is 0 Å². The molecule has 1 heterocycles. The van der Waals surface area contributed by atoms with E-state index in [9.17, 15) is 14.8 Å². The first-order valence-corrected chi connectivity index (χ1v) is 7.37. The quantitative estimate of drug-likeness (QED) is 0.753. The molecule has 0 saturated carbocycles. The van der Waals surface area contributed by atoms with Crippen LogP contribution in [0.4, 0.5) is 4.79 Å². The second kappa shape index (κ2) is 5.64. The van der Waals surface area contributed by atoms with Gasteiger partial charge in [0.15, 0.2) is 0 Å². The number of rotatable bonds is 1. The summed E-state index contributed by atoms with van der Waals surface area (Å²) in [5.41, 5.74) is -0.237. The second-order valence-corrected chi connectivity index (χ2v) is 6.85. The third kappa shape index (κ3) is 3.43. The van der Waals surface area contributed by atoms with E-state index in [2.05, 4.69) is 15.9 Å². The lowest BCUT2D eigenvalue weighted by atomic mass is 9.86. The smallest absolute Gasteiger partial charge is 0.443 e. The van der Waals surface area contributed by atoms with Gasteiger partial charge in [0.2, 0.25) is 0 Å². The number of hydrogen-bond donors (Lipinski definition) is 2. The molecule has 0 amide bonds. The predicted molar refractivity (Wildman–Crippen MR) is 86.1 cm³/mol. The van der Waals surface area contributed by atoms with E-state index in [1.807, 2.05) is 0 Å². The molecule has 0 spiro atoms. The zero-order valence-corrected chi connectivity index (χ0v) is 14.1. The number of benzene rings is 1. The minimum Gasteiger partial charge on any atom is -0.443 e. The molecule has 1 aromatic heterocycles. The third-order valence-corrected chi connectivity index (χ3v) is 3.91. The summed E-state index contributed by atoms with van der Waals surface area (Å²) in [5, 5.41) is 20.0. The summed E-state index contributed by atoms with van der Waals surface area (Å²) < 4.78 is 7.06. The van der Waals surface area contributed by atoms with Crippen molar-refractivity contribution in [2.75, 3.05) is 0 Å². The highest BCUT2D eigenvalue weighted by Crippen LogP contribution is 2.28. The van der Waals surface area contributed by atoms with Crippen molar-refractivity contribution in [3.63, 3.8) is 0 Å². The van der Waals surface area contributed by atoms with Crippen molar-refractivity contribution < 1.29 is 19.6 Å². The van der Waals surface area contributed by atoms with Crippen molar-refractivity contribution in [2.45, 2.75) is 26.4 Å². The summed E-state index contributed by atoms with van der Waals surface area (Å²) >= 11 is 9.34. The number of carbonyl (C=O) groups is 1. The molecule has 112 valence electrons. The zero-order chi connectivity index (χ0) is 15.9. The second-order valence-electron chi connectivity index (χ2n) is 5.58. The predicted octanol–water partition coefficient (Wildman–Crippen LogP) is 2.52. The van der Waals surface area contributed by atoms with Crippen LogP contribution in [0.5, 0.6) is 0 Å². The maximum absolute atomic E-state index is 12.3. The maximum atomic E-state index is 12.3. The molecule has 2 aromatic rings. The Labute approximate surface area is 135 Å². The Hall–Kier alpha value is -1.02. The summed E-state index contributed by atoms with van der Waals surface area (Å²) in [7, 11) is -1.80. The number of halogens is 2. The number of nitrogens with zero attached hydrogens (tertiary/aromatic N) is 1. The van der Waals surface area contributed by atoms with Crippen molar-refractivity contribution in [3.8, 4) is 0 Å². The van der Waals surface area contributed by atoms with Gasteiger partial charge in [-0.2, -0.15) is 0 Å². The van der Waals surface area contributed by atoms with Gasteiger partial charge < -0.3 is 14.8 Å². The molecule has 0 saturated heterocycles. The van der Waals surface area contributed by atoms with Crippen molar-refractivity contribution in [1.29, 1.82) is 0 Å². The molecule has 2 rings (SSSR count). The van der Waals surface area contributed by atoms with Crippen LogP contribution in [0.15, 0.2) is 22.7 Å². The molecule has 0 atom stereocenters. The molecule has 0 aliphatic carbocycles. The molecule has 0 unspecified atom stereocenters. The van der Waals surface area contributed by atoms with Crippen molar-refractivity contribution >= 4 is 57.2 Å². The normalized spacial score (nSPS) is 11.8. The van der Waals surface area contributed by atoms with Crippen LogP contribution >= 0.6 is 27.5 Å². The van der Waals surface area contributed by atoms with E-state index in [-0.39, 0.29) is 5.59 Å². The SMILES string of the molecule is CC(C)(C)OC(=O)n1c(B(O)O)cc2cc(Br)c(Cl)cc21. The number of fused-ring (bicyclic) bond motifs is 1. The molecule has 0 bridgehead atoms. The van der Waals surface area contributed by atoms with Crippen LogP contribution in [0, 0.1) is 0 Å². The van der Waals surface area contributed by atoms with E-state index in [1.54, 1.807) is 32.9 Å². The van der Waals surface area contributed by atoms with Gasteiger partial charge in [-0.05, 0) is 54.9 Å². The van der Waals surface area contributed by atoms with Gasteiger partial charge in [0.1, 0.15) is 5.60 Å². The summed E-state index contributed by atoms with van der Waals surface area (Å²) in [6, 6.07) is 4.77. The fourth-order valence-electron chi connectivity index (χ4n) is 1.93. The minimum atomic E-state index is -1.80. The molecule has 21 heavy (non-hydrogen) atoms. The molecule has 2 N–H and O–H groups in total. The van der Waals surface area contributed by atoms with Gasteiger partial charge >= 0.3 is 13.2 Å². The largest absolute Gasteiger partial charge is 0.506 e. The van der Waals surface area contributed by atoms with E-state index >= 15 is 0 Å². The molecule has 5 nitrogen and oxygen atoms in total. The summed E-state index contributed by atoms with van der Waals surface area (Å²) in [4.78, 5) is 12.3. The minimum absolute atomic E-state index is 0.0217. The highest BCUT2D eigenvalue weighted by molar-refractivity contribution is 9.10. The lowest BCUT2D eigenvalue weighted by Crippen LogP contribution is -2.41. The van der Waals surface area contributed by atoms with Gasteiger partial charge in [-0.25, -0.2) is 4.79 Å². The highest BCUT2D eigenvalue weighted by atomic mass is 79.9. The van der Waals surface area contributed by atoms with Crippen LogP contribution in [0.2, 0.25) is 5.02 Å². The average Bonchev–Trinajstić information content (AvgIpc) is 2.66. The fourth-order valence-corrected chi connectivity index (χ4v) is 2.44. The number of hydrogen-bond acceptors (Lipinski definition) is 4. The van der Waals surface area contributed by atoms with E-state index < -0.39 is 18.8 Å². The Morgan fingerprint density at radius 2 is 1.95 bits per heavy atom. The number of aromatic nitrogens is 1. The monoisotopic (exact) mass is 373 g/mol. The van der Waals surface area contributed by atoms with Gasteiger partial charge in [0.25, 0.3) is 0 Å². The van der Waals surface area contributed by atoms with Gasteiger partial charge in [-0.1, -0.05) is 11.6 Å². The van der Waals surface area contributed by atoms with Crippen LogP contribution in [0.1, 0.15) is 20.8 Å². The van der Waals surface area contributed by atoms with E-state index in [0.29, 0.717) is 20.4 Å². The molecule has 0 fully saturated rings. The summed E-state index contributed by atoms with van der Waals surface area (Å²) in [6.45, 7) is 5.19. The molecule has 1 aromatic carbocycles. The summed E-state index contributed by atoms with van der Waals surface area (Å²) in [5.74, 6) is 0. The van der Waals surface area contributed by atoms with E-state index in [1.165, 1.54) is 6.07 Å². The van der Waals surface area contributed by atoms with Crippen molar-refractivity contribution in [1.82, 2.24) is 4.57 Å². The Morgan fingerprint density at radius 1 is 1.33 bits per heavy atom. The summed E-state index contributed by atoms with van der Waals surface area (Å²) in [6.07, 6.45) is -0.695. The first-order chi connectivity index (χ1) is 9.60. The van der Waals surface area contributed by atoms with E-state index in [4.69, 9.17) is 16.3 Å². The number of carbonyl (C=O) groups excluding carboxylic acids is 1. The first-order valence-electron chi connectivity index (χ1n) is 6.20. The van der Waals surface area contributed by atoms with Crippen LogP contribution < -0.4 is 5.59 Å². The zero-order valence-electron chi connectivity index (χ0n) is 11.7. The van der Waals surface area contributed by atoms with Gasteiger partial charge in [0, 0.05) is 9.86 Å². The topological polar surface area (TPSA) is 71.7 Å². The standard InChI is InChI=1S/C13H14BBrClNO4/c1-13(2,3)21-12(18)17-10-6-9(16)8(15)4-7(10)5-11(17)14(19)20/h4-6,19-20H,1-3H3. The van der Waals surface area contributed by atoms with E-state index in [0.717, 1.165) is 4.57 Å². The highest BCUT2D eigenvalue weighted by Gasteiger charge is 2.27. The lowest BCUT2D eigenvalue weighted by Gasteiger charge is -2.21. The lowest BCUT2D eigenvalue weighted by molar-refractivity contribution is 0.0548. The Bertz CT molecular complexity index is 708. The first kappa shape index (κ1) is 16.4. The van der Waals surface area contributed by atoms with Crippen LogP contribution in [-0.4, -0.2) is 33.4 Å². The molecular formula is C13H14BBrClNO4. The molecule has 8 heteroatoms. The van der Waals surface area contributed by atoms with Crippen molar-refractivity contribution in [2.24, 2.45) is 0 Å². The Kier molecular flexibility index (Phi) is 4.40. The molecular weight excluding hydrogens is 360 g/mol. The number of ether oxygens (including phenoxy) is 1. The fraction of sp³-hybridized carbons (Fsp3) is 0.308. The molecule has 0 aliphatic rings.